The van der Waals surface area contributed by atoms with E-state index in [9.17, 15) is 4.79 Å². The Morgan fingerprint density at radius 1 is 1.03 bits per heavy atom. The predicted octanol–water partition coefficient (Wildman–Crippen LogP) is 6.01. The van der Waals surface area contributed by atoms with E-state index in [1.807, 2.05) is 42.5 Å². The highest BCUT2D eigenvalue weighted by molar-refractivity contribution is 6.30. The smallest absolute Gasteiger partial charge is 0.226 e. The Labute approximate surface area is 197 Å². The first-order valence-electron chi connectivity index (χ1n) is 11.1. The first-order chi connectivity index (χ1) is 15.5. The lowest BCUT2D eigenvalue weighted by Gasteiger charge is -2.45. The van der Waals surface area contributed by atoms with Crippen LogP contribution in [-0.2, 0) is 11.2 Å². The number of halogens is 2. The SMILES string of the molecule is Cc1nnc(C[C@H]2CC(c3cccc(Cl)c3)C(c3ccc(Cl)cc3)N(CC3CC3)C2=O)o1. The number of carbonyl (C=O) groups is 1. The zero-order valence-electron chi connectivity index (χ0n) is 17.9. The number of nitrogens with zero attached hydrogens (tertiary/aromatic N) is 3. The molecular weight excluding hydrogens is 445 g/mol. The summed E-state index contributed by atoms with van der Waals surface area (Å²) in [7, 11) is 0. The monoisotopic (exact) mass is 469 g/mol. The number of aromatic nitrogens is 2. The van der Waals surface area contributed by atoms with E-state index in [1.54, 1.807) is 6.92 Å². The van der Waals surface area contributed by atoms with Gasteiger partial charge < -0.3 is 9.32 Å². The maximum atomic E-state index is 13.8. The van der Waals surface area contributed by atoms with Crippen molar-refractivity contribution in [3.05, 3.63) is 81.5 Å². The quantitative estimate of drug-likeness (QED) is 0.443. The van der Waals surface area contributed by atoms with E-state index in [4.69, 9.17) is 27.6 Å². The van der Waals surface area contributed by atoms with Crippen molar-refractivity contribution < 1.29 is 9.21 Å². The minimum absolute atomic E-state index is 0.0699. The third kappa shape index (κ3) is 4.55. The Balaban J connectivity index is 1.56. The summed E-state index contributed by atoms with van der Waals surface area (Å²) in [4.78, 5) is 15.9. The summed E-state index contributed by atoms with van der Waals surface area (Å²) < 4.78 is 5.62. The molecule has 5 nitrogen and oxygen atoms in total. The second kappa shape index (κ2) is 8.87. The highest BCUT2D eigenvalue weighted by Crippen LogP contribution is 2.47. The van der Waals surface area contributed by atoms with Gasteiger partial charge in [-0.15, -0.1) is 10.2 Å². The fraction of sp³-hybridized carbons (Fsp3) is 0.400. The first-order valence-corrected chi connectivity index (χ1v) is 11.8. The number of aryl methyl sites for hydroxylation is 1. The standard InChI is InChI=1S/C25H25Cl2N3O2/c1-15-28-29-23(32-15)13-19-12-22(18-3-2-4-21(27)11-18)24(17-7-9-20(26)10-8-17)30(25(19)31)14-16-5-6-16/h2-4,7-11,16,19,22,24H,5-6,12-14H2,1H3/t19-,22?,24?/m1/s1. The number of hydrogen-bond donors (Lipinski definition) is 0. The van der Waals surface area contributed by atoms with Crippen LogP contribution < -0.4 is 0 Å². The van der Waals surface area contributed by atoms with Crippen molar-refractivity contribution in [3.8, 4) is 0 Å². The molecule has 2 unspecified atom stereocenters. The van der Waals surface area contributed by atoms with Crippen molar-refractivity contribution in [2.75, 3.05) is 6.54 Å². The number of likely N-dealkylation sites (tertiary alicyclic amines) is 1. The summed E-state index contributed by atoms with van der Waals surface area (Å²) in [5.74, 6) is 1.64. The number of carbonyl (C=O) groups excluding carboxylic acids is 1. The maximum absolute atomic E-state index is 13.8. The van der Waals surface area contributed by atoms with E-state index in [0.29, 0.717) is 40.6 Å². The molecule has 0 spiro atoms. The normalized spacial score (nSPS) is 23.5. The van der Waals surface area contributed by atoms with E-state index in [1.165, 1.54) is 12.8 Å². The van der Waals surface area contributed by atoms with Gasteiger partial charge in [-0.3, -0.25) is 4.79 Å². The number of amides is 1. The minimum Gasteiger partial charge on any atom is -0.426 e. The molecule has 2 fully saturated rings. The van der Waals surface area contributed by atoms with Crippen molar-refractivity contribution >= 4 is 29.1 Å². The molecule has 0 N–H and O–H groups in total. The van der Waals surface area contributed by atoms with Gasteiger partial charge in [0.25, 0.3) is 0 Å². The molecule has 1 amide bonds. The van der Waals surface area contributed by atoms with Crippen LogP contribution >= 0.6 is 23.2 Å². The van der Waals surface area contributed by atoms with Crippen LogP contribution in [0.4, 0.5) is 0 Å². The molecular formula is C25H25Cl2N3O2. The Hall–Kier alpha value is -2.37. The summed E-state index contributed by atoms with van der Waals surface area (Å²) >= 11 is 12.6. The van der Waals surface area contributed by atoms with Crippen LogP contribution in [0.15, 0.2) is 52.9 Å². The average molecular weight is 470 g/mol. The van der Waals surface area contributed by atoms with Crippen LogP contribution in [0.1, 0.15) is 54.1 Å². The number of benzene rings is 2. The zero-order valence-corrected chi connectivity index (χ0v) is 19.4. The Bertz CT molecular complexity index is 1110. The predicted molar refractivity (Wildman–Crippen MR) is 124 cm³/mol. The second-order valence-corrected chi connectivity index (χ2v) is 9.82. The van der Waals surface area contributed by atoms with Crippen LogP contribution in [-0.4, -0.2) is 27.5 Å². The second-order valence-electron chi connectivity index (χ2n) is 8.94. The van der Waals surface area contributed by atoms with E-state index >= 15 is 0 Å². The molecule has 2 aliphatic rings. The van der Waals surface area contributed by atoms with Crippen LogP contribution in [0.2, 0.25) is 10.0 Å². The van der Waals surface area contributed by atoms with Crippen molar-refractivity contribution in [1.29, 1.82) is 0 Å². The topological polar surface area (TPSA) is 59.2 Å². The highest BCUT2D eigenvalue weighted by atomic mass is 35.5. The van der Waals surface area contributed by atoms with E-state index in [0.717, 1.165) is 17.7 Å². The van der Waals surface area contributed by atoms with E-state index in [-0.39, 0.29) is 23.8 Å². The van der Waals surface area contributed by atoms with E-state index < -0.39 is 0 Å². The average Bonchev–Trinajstić information content (AvgIpc) is 3.50. The largest absolute Gasteiger partial charge is 0.426 e. The van der Waals surface area contributed by atoms with Gasteiger partial charge in [0.2, 0.25) is 17.7 Å². The molecule has 2 heterocycles. The van der Waals surface area contributed by atoms with Gasteiger partial charge in [-0.05, 0) is 60.6 Å². The molecule has 32 heavy (non-hydrogen) atoms. The van der Waals surface area contributed by atoms with Gasteiger partial charge in [-0.25, -0.2) is 0 Å². The van der Waals surface area contributed by atoms with Crippen molar-refractivity contribution in [3.63, 3.8) is 0 Å². The van der Waals surface area contributed by atoms with Crippen LogP contribution in [0.3, 0.4) is 0 Å². The first kappa shape index (κ1) is 21.5. The van der Waals surface area contributed by atoms with E-state index in [2.05, 4.69) is 21.2 Å². The van der Waals surface area contributed by atoms with Crippen molar-refractivity contribution in [1.82, 2.24) is 15.1 Å². The van der Waals surface area contributed by atoms with Gasteiger partial charge in [0, 0.05) is 41.8 Å². The molecule has 3 atom stereocenters. The summed E-state index contributed by atoms with van der Waals surface area (Å²) in [6.07, 6.45) is 3.49. The number of piperidine rings is 1. The lowest BCUT2D eigenvalue weighted by Crippen LogP contribution is -2.48. The number of hydrogen-bond acceptors (Lipinski definition) is 4. The van der Waals surface area contributed by atoms with Crippen LogP contribution in [0.5, 0.6) is 0 Å². The molecule has 5 rings (SSSR count). The molecule has 1 aromatic heterocycles. The molecule has 1 aliphatic carbocycles. The molecule has 0 bridgehead atoms. The minimum atomic E-state index is -0.221. The van der Waals surface area contributed by atoms with Gasteiger partial charge in [-0.1, -0.05) is 47.5 Å². The molecule has 2 aromatic carbocycles. The maximum Gasteiger partial charge on any atom is 0.226 e. The van der Waals surface area contributed by atoms with Crippen molar-refractivity contribution in [2.24, 2.45) is 11.8 Å². The molecule has 0 radical (unpaired) electrons. The molecule has 166 valence electrons. The molecule has 1 aliphatic heterocycles. The molecule has 3 aromatic rings. The summed E-state index contributed by atoms with van der Waals surface area (Å²) in [6, 6.07) is 15.8. The lowest BCUT2D eigenvalue weighted by atomic mass is 9.75. The van der Waals surface area contributed by atoms with Crippen LogP contribution in [0, 0.1) is 18.8 Å². The molecule has 7 heteroatoms. The lowest BCUT2D eigenvalue weighted by molar-refractivity contribution is -0.143. The third-order valence-corrected chi connectivity index (χ3v) is 7.00. The fourth-order valence-electron chi connectivity index (χ4n) is 4.84. The van der Waals surface area contributed by atoms with Gasteiger partial charge in [0.1, 0.15) is 0 Å². The number of rotatable bonds is 6. The van der Waals surface area contributed by atoms with Crippen molar-refractivity contribution in [2.45, 2.75) is 44.6 Å². The Kier molecular flexibility index (Phi) is 5.95. The summed E-state index contributed by atoms with van der Waals surface area (Å²) in [5.41, 5.74) is 2.23. The fourth-order valence-corrected chi connectivity index (χ4v) is 5.16. The molecule has 1 saturated heterocycles. The van der Waals surface area contributed by atoms with Crippen LogP contribution in [0.25, 0.3) is 0 Å². The van der Waals surface area contributed by atoms with Gasteiger partial charge in [0.15, 0.2) is 0 Å². The van der Waals surface area contributed by atoms with Gasteiger partial charge in [0.05, 0.1) is 6.04 Å². The summed E-state index contributed by atoms with van der Waals surface area (Å²) in [6.45, 7) is 2.53. The zero-order chi connectivity index (χ0) is 22.2. The van der Waals surface area contributed by atoms with Gasteiger partial charge >= 0.3 is 0 Å². The summed E-state index contributed by atoms with van der Waals surface area (Å²) in [5, 5.41) is 9.48. The van der Waals surface area contributed by atoms with Gasteiger partial charge in [-0.2, -0.15) is 0 Å². The molecule has 1 saturated carbocycles. The highest BCUT2D eigenvalue weighted by Gasteiger charge is 2.45. The third-order valence-electron chi connectivity index (χ3n) is 6.52. The Morgan fingerprint density at radius 2 is 1.81 bits per heavy atom. The Morgan fingerprint density at radius 3 is 2.47 bits per heavy atom.